The van der Waals surface area contributed by atoms with Crippen molar-refractivity contribution in [2.75, 3.05) is 13.4 Å². The van der Waals surface area contributed by atoms with Crippen LogP contribution >= 0.6 is 0 Å². The summed E-state index contributed by atoms with van der Waals surface area (Å²) >= 11 is 0. The van der Waals surface area contributed by atoms with Crippen molar-refractivity contribution in [2.45, 2.75) is 31.2 Å². The number of ether oxygens (including phenoxy) is 4. The molecule has 2 aliphatic rings. The number of aliphatic hydroxyl groups is 1. The third-order valence-electron chi connectivity index (χ3n) is 6.17. The Hall–Kier alpha value is -4.34. The fourth-order valence-corrected chi connectivity index (χ4v) is 4.16. The van der Waals surface area contributed by atoms with E-state index in [2.05, 4.69) is 10.6 Å². The normalized spacial score (nSPS) is 19.6. The molecule has 0 spiro atoms. The second-order valence-electron chi connectivity index (χ2n) is 8.89. The van der Waals surface area contributed by atoms with E-state index in [1.54, 1.807) is 30.4 Å². The molecule has 0 aliphatic carbocycles. The van der Waals surface area contributed by atoms with E-state index < -0.39 is 18.2 Å². The summed E-state index contributed by atoms with van der Waals surface area (Å²) in [6.07, 6.45) is 2.36. The van der Waals surface area contributed by atoms with E-state index in [-0.39, 0.29) is 31.6 Å². The number of hydrogen-bond acceptors (Lipinski definition) is 7. The van der Waals surface area contributed by atoms with Gasteiger partial charge >= 0.3 is 0 Å². The Labute approximate surface area is 220 Å². The third-order valence-corrected chi connectivity index (χ3v) is 6.17. The molecule has 2 amide bonds. The summed E-state index contributed by atoms with van der Waals surface area (Å²) in [4.78, 5) is 25.2. The van der Waals surface area contributed by atoms with E-state index >= 15 is 0 Å². The molecule has 9 heteroatoms. The zero-order chi connectivity index (χ0) is 26.3. The first-order valence-electron chi connectivity index (χ1n) is 12.3. The molecule has 3 atom stereocenters. The fraction of sp³-hybridized carbons (Fsp3) is 0.241. The van der Waals surface area contributed by atoms with E-state index in [1.165, 1.54) is 0 Å². The lowest BCUT2D eigenvalue weighted by Gasteiger charge is -2.31. The Morgan fingerprint density at radius 3 is 2.47 bits per heavy atom. The summed E-state index contributed by atoms with van der Waals surface area (Å²) < 4.78 is 22.3. The SMILES string of the molecule is O=C(C[C@H]1C=C[C@H](NC(=O)c2ccc3c(c2)OCO3)[C@H](CO)O1)NCc1ccc(Oc2ccccc2)cc1. The first kappa shape index (κ1) is 25.3. The van der Waals surface area contributed by atoms with Crippen molar-refractivity contribution in [3.8, 4) is 23.0 Å². The Balaban J connectivity index is 1.09. The summed E-state index contributed by atoms with van der Waals surface area (Å²) in [5, 5.41) is 15.6. The molecule has 0 saturated heterocycles. The van der Waals surface area contributed by atoms with Crippen molar-refractivity contribution in [2.24, 2.45) is 0 Å². The highest BCUT2D eigenvalue weighted by molar-refractivity contribution is 5.95. The van der Waals surface area contributed by atoms with Gasteiger partial charge in [-0.15, -0.1) is 0 Å². The van der Waals surface area contributed by atoms with Crippen molar-refractivity contribution in [1.82, 2.24) is 10.6 Å². The molecule has 3 aromatic rings. The number of nitrogens with one attached hydrogen (secondary N) is 2. The molecule has 5 rings (SSSR count). The van der Waals surface area contributed by atoms with Gasteiger partial charge in [-0.25, -0.2) is 0 Å². The zero-order valence-electron chi connectivity index (χ0n) is 20.5. The maximum atomic E-state index is 12.7. The summed E-state index contributed by atoms with van der Waals surface area (Å²) in [6.45, 7) is 0.168. The van der Waals surface area contributed by atoms with Crippen LogP contribution in [-0.2, 0) is 16.1 Å². The van der Waals surface area contributed by atoms with Crippen LogP contribution in [0.4, 0.5) is 0 Å². The Kier molecular flexibility index (Phi) is 7.86. The zero-order valence-corrected chi connectivity index (χ0v) is 20.5. The molecule has 3 aromatic carbocycles. The van der Waals surface area contributed by atoms with Crippen molar-refractivity contribution >= 4 is 11.8 Å². The number of fused-ring (bicyclic) bond motifs is 1. The van der Waals surface area contributed by atoms with E-state index in [9.17, 15) is 14.7 Å². The molecular weight excluding hydrogens is 488 g/mol. The van der Waals surface area contributed by atoms with Gasteiger partial charge in [-0.2, -0.15) is 0 Å². The average molecular weight is 517 g/mol. The number of carbonyl (C=O) groups excluding carboxylic acids is 2. The van der Waals surface area contributed by atoms with E-state index in [4.69, 9.17) is 18.9 Å². The van der Waals surface area contributed by atoms with Crippen LogP contribution in [-0.4, -0.2) is 48.6 Å². The van der Waals surface area contributed by atoms with Gasteiger partial charge in [0.15, 0.2) is 11.5 Å². The molecular formula is C29H28N2O7. The first-order chi connectivity index (χ1) is 18.6. The number of benzene rings is 3. The highest BCUT2D eigenvalue weighted by atomic mass is 16.7. The van der Waals surface area contributed by atoms with Crippen LogP contribution in [0, 0.1) is 0 Å². The van der Waals surface area contributed by atoms with Crippen LogP contribution in [0.2, 0.25) is 0 Å². The monoisotopic (exact) mass is 516 g/mol. The van der Waals surface area contributed by atoms with Crippen LogP contribution in [0.25, 0.3) is 0 Å². The van der Waals surface area contributed by atoms with Crippen molar-refractivity contribution in [3.05, 3.63) is 96.1 Å². The molecule has 2 heterocycles. The van der Waals surface area contributed by atoms with E-state index in [1.807, 2.05) is 54.6 Å². The van der Waals surface area contributed by atoms with Crippen LogP contribution in [0.3, 0.4) is 0 Å². The molecule has 196 valence electrons. The van der Waals surface area contributed by atoms with Gasteiger partial charge in [-0.3, -0.25) is 9.59 Å². The lowest BCUT2D eigenvalue weighted by atomic mass is 10.0. The summed E-state index contributed by atoms with van der Waals surface area (Å²) in [6, 6.07) is 21.4. The Morgan fingerprint density at radius 2 is 1.68 bits per heavy atom. The van der Waals surface area contributed by atoms with E-state index in [0.717, 1.165) is 11.3 Å². The third kappa shape index (κ3) is 6.31. The average Bonchev–Trinajstić information content (AvgIpc) is 3.42. The largest absolute Gasteiger partial charge is 0.457 e. The number of amides is 2. The summed E-state index contributed by atoms with van der Waals surface area (Å²) in [7, 11) is 0. The standard InChI is InChI=1S/C29H28N2O7/c32-17-27-24(31-29(34)20-8-13-25-26(14-20)36-18-35-25)12-11-23(38-27)15-28(33)30-16-19-6-9-22(10-7-19)37-21-4-2-1-3-5-21/h1-14,23-24,27,32H,15-18H2,(H,30,33)(H,31,34)/t23-,24+,27+/m1/s1. The molecule has 2 aliphatic heterocycles. The molecule has 9 nitrogen and oxygen atoms in total. The van der Waals surface area contributed by atoms with Crippen LogP contribution < -0.4 is 24.8 Å². The predicted molar refractivity (Wildman–Crippen MR) is 138 cm³/mol. The maximum Gasteiger partial charge on any atom is 0.251 e. The number of para-hydroxylation sites is 1. The molecule has 38 heavy (non-hydrogen) atoms. The van der Waals surface area contributed by atoms with Crippen molar-refractivity contribution in [1.29, 1.82) is 0 Å². The van der Waals surface area contributed by atoms with Crippen LogP contribution in [0.5, 0.6) is 23.0 Å². The molecule has 0 saturated carbocycles. The van der Waals surface area contributed by atoms with Crippen LogP contribution in [0.15, 0.2) is 84.9 Å². The second-order valence-corrected chi connectivity index (χ2v) is 8.89. The summed E-state index contributed by atoms with van der Waals surface area (Å²) in [5.41, 5.74) is 1.33. The van der Waals surface area contributed by atoms with Crippen molar-refractivity contribution < 1.29 is 33.6 Å². The first-order valence-corrected chi connectivity index (χ1v) is 12.3. The smallest absolute Gasteiger partial charge is 0.251 e. The highest BCUT2D eigenvalue weighted by Crippen LogP contribution is 2.32. The number of hydrogen-bond donors (Lipinski definition) is 3. The second kappa shape index (κ2) is 11.8. The minimum atomic E-state index is -0.687. The van der Waals surface area contributed by atoms with Gasteiger partial charge in [-0.05, 0) is 48.0 Å². The molecule has 0 unspecified atom stereocenters. The number of aliphatic hydroxyl groups excluding tert-OH is 1. The minimum Gasteiger partial charge on any atom is -0.457 e. The molecule has 3 N–H and O–H groups in total. The molecule has 0 aromatic heterocycles. The highest BCUT2D eigenvalue weighted by Gasteiger charge is 2.29. The molecule has 0 radical (unpaired) electrons. The van der Waals surface area contributed by atoms with Gasteiger partial charge in [0, 0.05) is 12.1 Å². The minimum absolute atomic E-state index is 0.0883. The Morgan fingerprint density at radius 1 is 0.921 bits per heavy atom. The predicted octanol–water partition coefficient (Wildman–Crippen LogP) is 3.33. The van der Waals surface area contributed by atoms with Gasteiger partial charge in [0.25, 0.3) is 5.91 Å². The van der Waals surface area contributed by atoms with Gasteiger partial charge < -0.3 is 34.7 Å². The molecule has 0 fully saturated rings. The van der Waals surface area contributed by atoms with Gasteiger partial charge in [0.1, 0.15) is 17.6 Å². The Bertz CT molecular complexity index is 1290. The number of rotatable bonds is 9. The maximum absolute atomic E-state index is 12.7. The van der Waals surface area contributed by atoms with E-state index in [0.29, 0.717) is 29.4 Å². The quantitative estimate of drug-likeness (QED) is 0.374. The molecule has 0 bridgehead atoms. The van der Waals surface area contributed by atoms with Crippen molar-refractivity contribution in [3.63, 3.8) is 0 Å². The van der Waals surface area contributed by atoms with Crippen LogP contribution in [0.1, 0.15) is 22.3 Å². The fourth-order valence-electron chi connectivity index (χ4n) is 4.16. The van der Waals surface area contributed by atoms with Gasteiger partial charge in [-0.1, -0.05) is 42.5 Å². The topological polar surface area (TPSA) is 115 Å². The summed E-state index contributed by atoms with van der Waals surface area (Å²) in [5.74, 6) is 2.03. The van der Waals surface area contributed by atoms with Gasteiger partial charge in [0.2, 0.25) is 12.7 Å². The lowest BCUT2D eigenvalue weighted by molar-refractivity contribution is -0.125. The lowest BCUT2D eigenvalue weighted by Crippen LogP contribution is -2.49. The van der Waals surface area contributed by atoms with Gasteiger partial charge in [0.05, 0.1) is 25.2 Å². The number of carbonyl (C=O) groups is 2.